The minimum Gasteiger partial charge on any atom is -0.330 e. The number of aromatic nitrogens is 2. The summed E-state index contributed by atoms with van der Waals surface area (Å²) in [5.41, 5.74) is 7.53. The normalized spacial score (nSPS) is 15.0. The molecule has 0 amide bonds. The van der Waals surface area contributed by atoms with Crippen LogP contribution in [0.2, 0.25) is 5.02 Å². The topological polar surface area (TPSA) is 56.2 Å². The van der Waals surface area contributed by atoms with Crippen LogP contribution in [0.5, 0.6) is 0 Å². The molecule has 1 aliphatic heterocycles. The molecule has 2 aromatic rings. The summed E-state index contributed by atoms with van der Waals surface area (Å²) in [4.78, 5) is 9.52. The zero-order valence-electron chi connectivity index (χ0n) is 11.5. The average Bonchev–Trinajstić information content (AvgIpc) is 2.90. The maximum absolute atomic E-state index is 6.08. The van der Waals surface area contributed by atoms with Crippen LogP contribution in [-0.4, -0.2) is 22.6 Å². The second kappa shape index (κ2) is 5.94. The minimum atomic E-state index is 0.724. The van der Waals surface area contributed by atoms with Crippen molar-refractivity contribution in [1.29, 1.82) is 0 Å². The van der Waals surface area contributed by atoms with Gasteiger partial charge in [-0.2, -0.15) is 0 Å². The summed E-state index contributed by atoms with van der Waals surface area (Å²) >= 11 is 6.08. The summed E-state index contributed by atoms with van der Waals surface area (Å²) in [5.74, 6) is 1.12. The first-order valence-electron chi connectivity index (χ1n) is 7.19. The van der Waals surface area contributed by atoms with Crippen molar-refractivity contribution in [3.63, 3.8) is 0 Å². The number of hydrogen-bond acceptors (Lipinski definition) is 3. The second-order valence-electron chi connectivity index (χ2n) is 5.15. The number of nitrogens with two attached hydrogens (primary N) is 1. The third kappa shape index (κ3) is 2.58. The Morgan fingerprint density at radius 2 is 2.25 bits per heavy atom. The highest BCUT2D eigenvalue weighted by Gasteiger charge is 2.14. The molecule has 5 heteroatoms. The van der Waals surface area contributed by atoms with E-state index in [-0.39, 0.29) is 0 Å². The van der Waals surface area contributed by atoms with Crippen LogP contribution in [0.1, 0.15) is 25.1 Å². The fourth-order valence-corrected chi connectivity index (χ4v) is 2.85. The molecule has 3 rings (SSSR count). The van der Waals surface area contributed by atoms with Crippen LogP contribution in [0.25, 0.3) is 10.9 Å². The van der Waals surface area contributed by atoms with Crippen molar-refractivity contribution in [2.24, 2.45) is 10.7 Å². The van der Waals surface area contributed by atoms with Crippen molar-refractivity contribution in [2.75, 3.05) is 13.1 Å². The number of hydrogen-bond donors (Lipinski definition) is 1. The van der Waals surface area contributed by atoms with E-state index >= 15 is 0 Å². The fraction of sp³-hybridized carbons (Fsp3) is 0.467. The maximum atomic E-state index is 6.08. The molecule has 2 heterocycles. The van der Waals surface area contributed by atoms with Gasteiger partial charge in [0.05, 0.1) is 5.52 Å². The average molecular weight is 291 g/mol. The van der Waals surface area contributed by atoms with Gasteiger partial charge < -0.3 is 10.3 Å². The first-order chi connectivity index (χ1) is 9.79. The van der Waals surface area contributed by atoms with Crippen molar-refractivity contribution in [1.82, 2.24) is 9.55 Å². The maximum Gasteiger partial charge on any atom is 0.138 e. The summed E-state index contributed by atoms with van der Waals surface area (Å²) in [7, 11) is 0. The Kier molecular flexibility index (Phi) is 4.03. The predicted octanol–water partition coefficient (Wildman–Crippen LogP) is 2.28. The van der Waals surface area contributed by atoms with Gasteiger partial charge in [-0.25, -0.2) is 4.98 Å². The SMILES string of the molecule is NCCCCN=c1c2ccc(Cl)cc2nc2n1CCC2. The van der Waals surface area contributed by atoms with E-state index in [1.807, 2.05) is 18.2 Å². The van der Waals surface area contributed by atoms with Crippen molar-refractivity contribution in [2.45, 2.75) is 32.2 Å². The number of benzene rings is 1. The molecule has 0 atom stereocenters. The van der Waals surface area contributed by atoms with Crippen LogP contribution < -0.4 is 11.2 Å². The molecule has 1 aromatic carbocycles. The van der Waals surface area contributed by atoms with Crippen LogP contribution in [0.4, 0.5) is 0 Å². The highest BCUT2D eigenvalue weighted by molar-refractivity contribution is 6.31. The lowest BCUT2D eigenvalue weighted by molar-refractivity contribution is 0.680. The quantitative estimate of drug-likeness (QED) is 0.878. The zero-order valence-corrected chi connectivity index (χ0v) is 12.2. The number of aryl methyl sites for hydroxylation is 1. The number of unbranched alkanes of at least 4 members (excludes halogenated alkanes) is 1. The molecule has 0 bridgehead atoms. The molecule has 0 saturated carbocycles. The van der Waals surface area contributed by atoms with Crippen LogP contribution >= 0.6 is 11.6 Å². The Morgan fingerprint density at radius 3 is 3.10 bits per heavy atom. The second-order valence-corrected chi connectivity index (χ2v) is 5.58. The Bertz CT molecular complexity index is 690. The van der Waals surface area contributed by atoms with Crippen molar-refractivity contribution in [3.05, 3.63) is 34.5 Å². The van der Waals surface area contributed by atoms with E-state index < -0.39 is 0 Å². The van der Waals surface area contributed by atoms with Crippen LogP contribution in [0.3, 0.4) is 0 Å². The lowest BCUT2D eigenvalue weighted by Crippen LogP contribution is -2.23. The summed E-state index contributed by atoms with van der Waals surface area (Å²) in [6.07, 6.45) is 4.21. The van der Waals surface area contributed by atoms with Crippen LogP contribution in [-0.2, 0) is 13.0 Å². The van der Waals surface area contributed by atoms with E-state index in [4.69, 9.17) is 27.3 Å². The van der Waals surface area contributed by atoms with Gasteiger partial charge in [-0.15, -0.1) is 0 Å². The third-order valence-corrected chi connectivity index (χ3v) is 3.91. The van der Waals surface area contributed by atoms with E-state index in [0.29, 0.717) is 0 Å². The Balaban J connectivity index is 2.12. The lowest BCUT2D eigenvalue weighted by Gasteiger charge is -2.08. The van der Waals surface area contributed by atoms with E-state index in [1.54, 1.807) is 0 Å². The van der Waals surface area contributed by atoms with Gasteiger partial charge in [0.25, 0.3) is 0 Å². The van der Waals surface area contributed by atoms with E-state index in [2.05, 4.69) is 4.57 Å². The van der Waals surface area contributed by atoms with Crippen molar-refractivity contribution in [3.8, 4) is 0 Å². The summed E-state index contributed by atoms with van der Waals surface area (Å²) < 4.78 is 2.25. The van der Waals surface area contributed by atoms with Gasteiger partial charge in [0.15, 0.2) is 0 Å². The third-order valence-electron chi connectivity index (χ3n) is 3.67. The van der Waals surface area contributed by atoms with Gasteiger partial charge in [0.1, 0.15) is 11.3 Å². The summed E-state index contributed by atoms with van der Waals surface area (Å²) in [6.45, 7) is 2.56. The zero-order chi connectivity index (χ0) is 13.9. The Morgan fingerprint density at radius 1 is 1.35 bits per heavy atom. The molecule has 1 aromatic heterocycles. The molecule has 4 nitrogen and oxygen atoms in total. The molecule has 0 spiro atoms. The highest BCUT2D eigenvalue weighted by atomic mass is 35.5. The van der Waals surface area contributed by atoms with Gasteiger partial charge in [0.2, 0.25) is 0 Å². The predicted molar refractivity (Wildman–Crippen MR) is 81.8 cm³/mol. The monoisotopic (exact) mass is 290 g/mol. The Labute approximate surface area is 123 Å². The molecule has 1 aliphatic rings. The molecule has 0 unspecified atom stereocenters. The molecule has 106 valence electrons. The molecule has 0 fully saturated rings. The molecule has 0 radical (unpaired) electrons. The summed E-state index contributed by atoms with van der Waals surface area (Å²) in [5, 5.41) is 1.81. The van der Waals surface area contributed by atoms with E-state index in [0.717, 1.165) is 72.6 Å². The van der Waals surface area contributed by atoms with Gasteiger partial charge in [-0.3, -0.25) is 4.99 Å². The minimum absolute atomic E-state index is 0.724. The highest BCUT2D eigenvalue weighted by Crippen LogP contribution is 2.18. The molecule has 2 N–H and O–H groups in total. The molecule has 0 aliphatic carbocycles. The summed E-state index contributed by atoms with van der Waals surface area (Å²) in [6, 6.07) is 5.86. The van der Waals surface area contributed by atoms with Gasteiger partial charge in [-0.1, -0.05) is 11.6 Å². The van der Waals surface area contributed by atoms with Crippen molar-refractivity contribution >= 4 is 22.5 Å². The Hall–Kier alpha value is -1.39. The smallest absolute Gasteiger partial charge is 0.138 e. The van der Waals surface area contributed by atoms with E-state index in [1.165, 1.54) is 0 Å². The fourth-order valence-electron chi connectivity index (χ4n) is 2.69. The number of fused-ring (bicyclic) bond motifs is 2. The first kappa shape index (κ1) is 13.6. The van der Waals surface area contributed by atoms with Crippen LogP contribution in [0.15, 0.2) is 23.2 Å². The largest absolute Gasteiger partial charge is 0.330 e. The van der Waals surface area contributed by atoms with Gasteiger partial charge in [0, 0.05) is 29.9 Å². The molecular formula is C15H19ClN4. The van der Waals surface area contributed by atoms with Crippen LogP contribution in [0, 0.1) is 0 Å². The standard InChI is InChI=1S/C15H19ClN4/c16-11-5-6-12-13(10-11)19-14-4-3-9-20(14)15(12)18-8-2-1-7-17/h5-6,10H,1-4,7-9,17H2. The molecule has 20 heavy (non-hydrogen) atoms. The number of nitrogens with zero attached hydrogens (tertiary/aromatic N) is 3. The first-order valence-corrected chi connectivity index (χ1v) is 7.57. The van der Waals surface area contributed by atoms with Gasteiger partial charge >= 0.3 is 0 Å². The lowest BCUT2D eigenvalue weighted by atomic mass is 10.2. The van der Waals surface area contributed by atoms with E-state index in [9.17, 15) is 0 Å². The van der Waals surface area contributed by atoms with Gasteiger partial charge in [-0.05, 0) is 44.0 Å². The molecule has 0 saturated heterocycles. The number of halogens is 1. The number of rotatable bonds is 4. The molecular weight excluding hydrogens is 272 g/mol. The van der Waals surface area contributed by atoms with Crippen molar-refractivity contribution < 1.29 is 0 Å².